The fourth-order valence-corrected chi connectivity index (χ4v) is 2.85. The third-order valence-electron chi connectivity index (χ3n) is 2.91. The van der Waals surface area contributed by atoms with Gasteiger partial charge in [-0.2, -0.15) is 5.10 Å². The molecule has 0 saturated carbocycles. The maximum Gasteiger partial charge on any atom is 0.266 e. The number of hydrogen-bond donors (Lipinski definition) is 2. The molecule has 0 aliphatic carbocycles. The molecule has 2 aromatic heterocycles. The van der Waals surface area contributed by atoms with Gasteiger partial charge in [-0.3, -0.25) is 9.59 Å². The van der Waals surface area contributed by atoms with Crippen molar-refractivity contribution in [3.63, 3.8) is 0 Å². The van der Waals surface area contributed by atoms with Gasteiger partial charge in [0, 0.05) is 19.0 Å². The third kappa shape index (κ3) is 3.27. The predicted octanol–water partition coefficient (Wildman–Crippen LogP) is 0.872. The van der Waals surface area contributed by atoms with Crippen LogP contribution in [0.1, 0.15) is 23.0 Å². The zero-order valence-electron chi connectivity index (χ0n) is 11.9. The van der Waals surface area contributed by atoms with Crippen LogP contribution in [0.4, 0.5) is 5.69 Å². The van der Waals surface area contributed by atoms with Crippen LogP contribution >= 0.6 is 11.3 Å². The highest BCUT2D eigenvalue weighted by Gasteiger charge is 2.21. The van der Waals surface area contributed by atoms with E-state index in [4.69, 9.17) is 5.73 Å². The maximum atomic E-state index is 12.4. The second kappa shape index (κ2) is 6.49. The molecule has 0 spiro atoms. The van der Waals surface area contributed by atoms with Crippen LogP contribution in [0.2, 0.25) is 0 Å². The van der Waals surface area contributed by atoms with Crippen molar-refractivity contribution in [3.8, 4) is 0 Å². The summed E-state index contributed by atoms with van der Waals surface area (Å²) in [6.07, 6.45) is 2.38. The number of nitrogens with two attached hydrogens (primary N) is 1. The fourth-order valence-electron chi connectivity index (χ4n) is 1.81. The lowest BCUT2D eigenvalue weighted by molar-refractivity contribution is -0.121. The zero-order chi connectivity index (χ0) is 15.4. The number of carbonyl (C=O) groups excluding carboxylic acids is 2. The van der Waals surface area contributed by atoms with Gasteiger partial charge in [0.1, 0.15) is 9.71 Å². The molecule has 2 aromatic rings. The minimum absolute atomic E-state index is 0.00179. The molecule has 0 saturated heterocycles. The number of hydrogen-bond acceptors (Lipinski definition) is 6. The molecule has 0 fully saturated rings. The summed E-state index contributed by atoms with van der Waals surface area (Å²) in [5.41, 5.74) is 6.37. The molecule has 7 nitrogen and oxygen atoms in total. The topological polar surface area (TPSA) is 101 Å². The van der Waals surface area contributed by atoms with E-state index in [0.717, 1.165) is 6.42 Å². The van der Waals surface area contributed by atoms with Gasteiger partial charge in [-0.05, 0) is 12.5 Å². The number of anilines is 1. The number of thiophene rings is 1. The van der Waals surface area contributed by atoms with E-state index in [2.05, 4.69) is 15.5 Å². The van der Waals surface area contributed by atoms with Gasteiger partial charge < -0.3 is 16.0 Å². The number of nitrogens with zero attached hydrogens (tertiary/aromatic N) is 3. The van der Waals surface area contributed by atoms with Crippen LogP contribution in [0.5, 0.6) is 0 Å². The van der Waals surface area contributed by atoms with E-state index in [0.29, 0.717) is 27.3 Å². The number of carbonyl (C=O) groups is 2. The summed E-state index contributed by atoms with van der Waals surface area (Å²) >= 11 is 1.18. The Balaban J connectivity index is 2.14. The summed E-state index contributed by atoms with van der Waals surface area (Å²) in [6.45, 7) is 2.56. The molecule has 21 heavy (non-hydrogen) atoms. The minimum atomic E-state index is -0.290. The normalized spacial score (nSPS) is 10.6. The molecule has 2 rings (SSSR count). The van der Waals surface area contributed by atoms with Crippen LogP contribution < -0.4 is 11.1 Å². The molecule has 8 heteroatoms. The van der Waals surface area contributed by atoms with Gasteiger partial charge in [0.15, 0.2) is 0 Å². The molecular weight excluding hydrogens is 290 g/mol. The van der Waals surface area contributed by atoms with Gasteiger partial charge >= 0.3 is 0 Å². The highest BCUT2D eigenvalue weighted by Crippen LogP contribution is 2.32. The number of aromatic nitrogens is 2. The van der Waals surface area contributed by atoms with Crippen molar-refractivity contribution in [1.29, 1.82) is 0 Å². The van der Waals surface area contributed by atoms with Gasteiger partial charge in [-0.15, -0.1) is 16.4 Å². The van der Waals surface area contributed by atoms with Crippen LogP contribution in [0.25, 0.3) is 10.2 Å². The SMILES string of the molecule is CCCNC(=O)CN(C)C(=O)c1sc2nnccc2c1N. The van der Waals surface area contributed by atoms with E-state index in [1.807, 2.05) is 6.92 Å². The average Bonchev–Trinajstić information content (AvgIpc) is 2.82. The van der Waals surface area contributed by atoms with Crippen LogP contribution in [0.3, 0.4) is 0 Å². The maximum absolute atomic E-state index is 12.4. The molecule has 0 unspecified atom stereocenters. The standard InChI is InChI=1S/C13H17N5O2S/c1-3-5-15-9(19)7-18(2)13(20)11-10(14)8-4-6-16-17-12(8)21-11/h4,6H,3,5,7,14H2,1-2H3,(H,15,19). The summed E-state index contributed by atoms with van der Waals surface area (Å²) in [7, 11) is 1.57. The lowest BCUT2D eigenvalue weighted by Gasteiger charge is -2.16. The molecule has 0 aliphatic heterocycles. The van der Waals surface area contributed by atoms with Crippen LogP contribution in [0.15, 0.2) is 12.3 Å². The summed E-state index contributed by atoms with van der Waals surface area (Å²) in [5.74, 6) is -0.477. The number of fused-ring (bicyclic) bond motifs is 1. The first-order valence-electron chi connectivity index (χ1n) is 6.56. The summed E-state index contributed by atoms with van der Waals surface area (Å²) in [4.78, 5) is 26.4. The van der Waals surface area contributed by atoms with E-state index in [1.165, 1.54) is 22.4 Å². The molecule has 3 N–H and O–H groups in total. The van der Waals surface area contributed by atoms with Crippen molar-refractivity contribution < 1.29 is 9.59 Å². The first-order valence-corrected chi connectivity index (χ1v) is 7.38. The van der Waals surface area contributed by atoms with Crippen LogP contribution in [-0.2, 0) is 4.79 Å². The quantitative estimate of drug-likeness (QED) is 0.853. The Bertz CT molecular complexity index is 670. The van der Waals surface area contributed by atoms with Crippen LogP contribution in [-0.4, -0.2) is 47.0 Å². The van der Waals surface area contributed by atoms with Crippen molar-refractivity contribution in [1.82, 2.24) is 20.4 Å². The molecule has 0 radical (unpaired) electrons. The molecule has 2 amide bonds. The van der Waals surface area contributed by atoms with E-state index < -0.39 is 0 Å². The molecule has 0 aliphatic rings. The van der Waals surface area contributed by atoms with Gasteiger partial charge in [-0.25, -0.2) is 0 Å². The summed E-state index contributed by atoms with van der Waals surface area (Å²) in [6, 6.07) is 1.72. The average molecular weight is 307 g/mol. The fraction of sp³-hybridized carbons (Fsp3) is 0.385. The Labute approximate surface area is 126 Å². The van der Waals surface area contributed by atoms with Gasteiger partial charge in [0.25, 0.3) is 5.91 Å². The summed E-state index contributed by atoms with van der Waals surface area (Å²) in [5, 5.41) is 11.2. The minimum Gasteiger partial charge on any atom is -0.397 e. The van der Waals surface area contributed by atoms with Crippen molar-refractivity contribution >= 4 is 39.1 Å². The number of amides is 2. The number of nitrogens with one attached hydrogen (secondary N) is 1. The number of nitrogen functional groups attached to an aromatic ring is 1. The zero-order valence-corrected chi connectivity index (χ0v) is 12.7. The Morgan fingerprint density at radius 1 is 1.48 bits per heavy atom. The van der Waals surface area contributed by atoms with Crippen LogP contribution in [0, 0.1) is 0 Å². The second-order valence-electron chi connectivity index (χ2n) is 4.61. The van der Waals surface area contributed by atoms with E-state index >= 15 is 0 Å². The third-order valence-corrected chi connectivity index (χ3v) is 4.01. The smallest absolute Gasteiger partial charge is 0.266 e. The first kappa shape index (κ1) is 15.2. The van der Waals surface area contributed by atoms with Crippen molar-refractivity contribution in [3.05, 3.63) is 17.1 Å². The highest BCUT2D eigenvalue weighted by atomic mass is 32.1. The van der Waals surface area contributed by atoms with E-state index in [9.17, 15) is 9.59 Å². The molecule has 0 bridgehead atoms. The molecular formula is C13H17N5O2S. The predicted molar refractivity (Wildman–Crippen MR) is 82.1 cm³/mol. The molecule has 0 atom stereocenters. The van der Waals surface area contributed by atoms with Crippen molar-refractivity contribution in [2.45, 2.75) is 13.3 Å². The van der Waals surface area contributed by atoms with Gasteiger partial charge in [0.05, 0.1) is 18.4 Å². The Morgan fingerprint density at radius 2 is 2.24 bits per heavy atom. The Morgan fingerprint density at radius 3 is 2.90 bits per heavy atom. The van der Waals surface area contributed by atoms with Crippen molar-refractivity contribution in [2.75, 3.05) is 25.9 Å². The Hall–Kier alpha value is -2.22. The van der Waals surface area contributed by atoms with Gasteiger partial charge in [-0.1, -0.05) is 6.92 Å². The highest BCUT2D eigenvalue weighted by molar-refractivity contribution is 7.21. The monoisotopic (exact) mass is 307 g/mol. The Kier molecular flexibility index (Phi) is 4.69. The molecule has 0 aromatic carbocycles. The van der Waals surface area contributed by atoms with E-state index in [-0.39, 0.29) is 18.4 Å². The van der Waals surface area contributed by atoms with Gasteiger partial charge in [0.2, 0.25) is 5.91 Å². The first-order chi connectivity index (χ1) is 10.0. The summed E-state index contributed by atoms with van der Waals surface area (Å²) < 4.78 is 0. The lowest BCUT2D eigenvalue weighted by atomic mass is 10.2. The number of likely N-dealkylation sites (N-methyl/N-ethyl adjacent to an activating group) is 1. The van der Waals surface area contributed by atoms with Crippen molar-refractivity contribution in [2.24, 2.45) is 0 Å². The molecule has 112 valence electrons. The largest absolute Gasteiger partial charge is 0.397 e. The van der Waals surface area contributed by atoms with E-state index in [1.54, 1.807) is 13.1 Å². The molecule has 2 heterocycles. The second-order valence-corrected chi connectivity index (χ2v) is 5.61. The lowest BCUT2D eigenvalue weighted by Crippen LogP contribution is -2.38. The number of rotatable bonds is 5.